The molecule has 0 fully saturated rings. The highest BCUT2D eigenvalue weighted by atomic mass is 35.5. The first-order valence-electron chi connectivity index (χ1n) is 6.85. The van der Waals surface area contributed by atoms with Crippen molar-refractivity contribution in [2.75, 3.05) is 11.9 Å². The second-order valence-corrected chi connectivity index (χ2v) is 6.45. The molecule has 20 heavy (non-hydrogen) atoms. The lowest BCUT2D eigenvalue weighted by molar-refractivity contribution is 0.479. The van der Waals surface area contributed by atoms with Crippen LogP contribution in [-0.2, 0) is 0 Å². The molecule has 0 saturated heterocycles. The van der Waals surface area contributed by atoms with E-state index in [1.165, 1.54) is 12.8 Å². The zero-order valence-electron chi connectivity index (χ0n) is 11.7. The molecule has 1 aliphatic rings. The summed E-state index contributed by atoms with van der Waals surface area (Å²) in [4.78, 5) is 4.56. The number of nitrogens with zero attached hydrogens (tertiary/aromatic N) is 2. The van der Waals surface area contributed by atoms with E-state index >= 15 is 0 Å². The molecule has 0 amide bonds. The van der Waals surface area contributed by atoms with Crippen molar-refractivity contribution in [3.8, 4) is 6.07 Å². The van der Waals surface area contributed by atoms with Crippen molar-refractivity contribution in [2.45, 2.75) is 31.9 Å². The summed E-state index contributed by atoms with van der Waals surface area (Å²) in [6.45, 7) is 5.34. The van der Waals surface area contributed by atoms with Crippen LogP contribution >= 0.6 is 23.4 Å². The fourth-order valence-corrected chi connectivity index (χ4v) is 3.88. The summed E-state index contributed by atoms with van der Waals surface area (Å²) in [7, 11) is 0. The van der Waals surface area contributed by atoms with Gasteiger partial charge in [0.2, 0.25) is 0 Å². The maximum Gasteiger partial charge on any atom is 0.161 e. The molecule has 0 radical (unpaired) electrons. The van der Waals surface area contributed by atoms with Crippen LogP contribution in [0.15, 0.2) is 23.2 Å². The molecule has 1 aromatic carbocycles. The van der Waals surface area contributed by atoms with E-state index in [9.17, 15) is 0 Å². The molecule has 0 aromatic heterocycles. The number of hydrogen-bond donors (Lipinski definition) is 1. The Morgan fingerprint density at radius 3 is 2.85 bits per heavy atom. The number of nitrogens with one attached hydrogen (secondary N) is 1. The molecule has 2 rings (SSSR count). The summed E-state index contributed by atoms with van der Waals surface area (Å²) >= 11 is 7.96. The van der Waals surface area contributed by atoms with E-state index in [-0.39, 0.29) is 0 Å². The molecule has 0 saturated carbocycles. The highest BCUT2D eigenvalue weighted by molar-refractivity contribution is 8.15. The van der Waals surface area contributed by atoms with Crippen molar-refractivity contribution in [3.05, 3.63) is 28.8 Å². The zero-order chi connectivity index (χ0) is 14.5. The molecule has 1 heterocycles. The molecule has 1 atom stereocenters. The molecular weight excluding hydrogens is 290 g/mol. The van der Waals surface area contributed by atoms with Crippen molar-refractivity contribution >= 4 is 34.2 Å². The minimum Gasteiger partial charge on any atom is -0.334 e. The molecule has 106 valence electrons. The number of aliphatic imine (C=N–C) groups is 1. The first kappa shape index (κ1) is 15.2. The van der Waals surface area contributed by atoms with Gasteiger partial charge >= 0.3 is 0 Å². The van der Waals surface area contributed by atoms with Gasteiger partial charge in [0.1, 0.15) is 0 Å². The van der Waals surface area contributed by atoms with Crippen molar-refractivity contribution in [3.63, 3.8) is 0 Å². The van der Waals surface area contributed by atoms with Crippen LogP contribution in [0.4, 0.5) is 5.69 Å². The van der Waals surface area contributed by atoms with Crippen molar-refractivity contribution in [2.24, 2.45) is 10.9 Å². The lowest BCUT2D eigenvalue weighted by Gasteiger charge is -2.18. The maximum absolute atomic E-state index is 8.83. The quantitative estimate of drug-likeness (QED) is 0.889. The molecule has 0 bridgehead atoms. The monoisotopic (exact) mass is 307 g/mol. The molecule has 0 spiro atoms. The van der Waals surface area contributed by atoms with Crippen LogP contribution in [-0.4, -0.2) is 17.0 Å². The molecule has 3 nitrogen and oxygen atoms in total. The van der Waals surface area contributed by atoms with Gasteiger partial charge < -0.3 is 5.32 Å². The zero-order valence-corrected chi connectivity index (χ0v) is 13.3. The van der Waals surface area contributed by atoms with Crippen LogP contribution in [0.1, 0.15) is 32.3 Å². The summed E-state index contributed by atoms with van der Waals surface area (Å²) in [6.07, 6.45) is 2.38. The third-order valence-electron chi connectivity index (χ3n) is 3.59. The number of anilines is 1. The summed E-state index contributed by atoms with van der Waals surface area (Å²) in [6, 6.07) is 7.33. The molecule has 5 heteroatoms. The van der Waals surface area contributed by atoms with Crippen molar-refractivity contribution in [1.82, 2.24) is 0 Å². The average molecular weight is 308 g/mol. The fraction of sp³-hybridized carbons (Fsp3) is 0.467. The topological polar surface area (TPSA) is 48.2 Å². The molecule has 1 N–H and O–H groups in total. The van der Waals surface area contributed by atoms with Gasteiger partial charge in [0.25, 0.3) is 0 Å². The van der Waals surface area contributed by atoms with Crippen LogP contribution in [0.2, 0.25) is 5.02 Å². The molecule has 1 unspecified atom stereocenters. The summed E-state index contributed by atoms with van der Waals surface area (Å²) in [5, 5.41) is 14.1. The second-order valence-electron chi connectivity index (χ2n) is 4.81. The number of rotatable bonds is 4. The van der Waals surface area contributed by atoms with Gasteiger partial charge in [-0.05, 0) is 24.1 Å². The van der Waals surface area contributed by atoms with E-state index in [4.69, 9.17) is 16.9 Å². The Kier molecular flexibility index (Phi) is 5.33. The number of benzene rings is 1. The Balaban J connectivity index is 2.01. The van der Waals surface area contributed by atoms with Crippen LogP contribution in [0, 0.1) is 17.2 Å². The fourth-order valence-electron chi connectivity index (χ4n) is 2.32. The Hall–Kier alpha value is -1.18. The van der Waals surface area contributed by atoms with Crippen molar-refractivity contribution in [1.29, 1.82) is 5.26 Å². The largest absolute Gasteiger partial charge is 0.334 e. The van der Waals surface area contributed by atoms with Gasteiger partial charge in [-0.2, -0.15) is 5.26 Å². The van der Waals surface area contributed by atoms with Gasteiger partial charge in [-0.15, -0.1) is 0 Å². The standard InChI is InChI=1S/C15H18ClN3S/c1-3-11(4-2)14-9-18-15(20-14)19-13-6-5-10(8-17)7-12(13)16/h5-7,11,14H,3-4,9H2,1-2H3,(H,18,19). The Bertz CT molecular complexity index is 547. The normalized spacial score (nSPS) is 17.9. The highest BCUT2D eigenvalue weighted by Crippen LogP contribution is 2.32. The third kappa shape index (κ3) is 3.47. The minimum atomic E-state index is 0.554. The maximum atomic E-state index is 8.83. The van der Waals surface area contributed by atoms with Crippen molar-refractivity contribution < 1.29 is 0 Å². The van der Waals surface area contributed by atoms with E-state index < -0.39 is 0 Å². The first-order chi connectivity index (χ1) is 9.67. The second kappa shape index (κ2) is 7.01. The number of hydrogen-bond acceptors (Lipinski definition) is 4. The third-order valence-corrected chi connectivity index (χ3v) is 5.20. The number of thioether (sulfide) groups is 1. The molecule has 1 aromatic rings. The van der Waals surface area contributed by atoms with E-state index in [0.29, 0.717) is 21.8 Å². The first-order valence-corrected chi connectivity index (χ1v) is 8.11. The van der Waals surface area contributed by atoms with Gasteiger partial charge in [-0.1, -0.05) is 50.1 Å². The van der Waals surface area contributed by atoms with Crippen LogP contribution in [0.5, 0.6) is 0 Å². The smallest absolute Gasteiger partial charge is 0.161 e. The lowest BCUT2D eigenvalue weighted by atomic mass is 9.99. The predicted molar refractivity (Wildman–Crippen MR) is 87.5 cm³/mol. The average Bonchev–Trinajstić information content (AvgIpc) is 2.91. The molecule has 0 aliphatic carbocycles. The van der Waals surface area contributed by atoms with E-state index in [0.717, 1.165) is 17.4 Å². The van der Waals surface area contributed by atoms with E-state index in [1.54, 1.807) is 23.9 Å². The summed E-state index contributed by atoms with van der Waals surface area (Å²) in [5.74, 6) is 0.708. The Morgan fingerprint density at radius 2 is 2.25 bits per heavy atom. The van der Waals surface area contributed by atoms with E-state index in [1.807, 2.05) is 6.07 Å². The summed E-state index contributed by atoms with van der Waals surface area (Å²) in [5.41, 5.74) is 1.37. The molecular formula is C15H18ClN3S. The van der Waals surface area contributed by atoms with Gasteiger partial charge in [0.15, 0.2) is 5.17 Å². The van der Waals surface area contributed by atoms with E-state index in [2.05, 4.69) is 30.2 Å². The number of amidine groups is 1. The lowest BCUT2D eigenvalue weighted by Crippen LogP contribution is -2.17. The number of halogens is 1. The minimum absolute atomic E-state index is 0.554. The Morgan fingerprint density at radius 1 is 1.50 bits per heavy atom. The molecule has 1 aliphatic heterocycles. The van der Waals surface area contributed by atoms with Crippen LogP contribution < -0.4 is 5.32 Å². The van der Waals surface area contributed by atoms with Gasteiger partial charge in [0.05, 0.1) is 28.9 Å². The van der Waals surface area contributed by atoms with Gasteiger partial charge in [-0.25, -0.2) is 0 Å². The van der Waals surface area contributed by atoms with Gasteiger partial charge in [0, 0.05) is 5.25 Å². The number of nitriles is 1. The predicted octanol–water partition coefficient (Wildman–Crippen LogP) is 4.53. The van der Waals surface area contributed by atoms with Gasteiger partial charge in [-0.3, -0.25) is 4.99 Å². The highest BCUT2D eigenvalue weighted by Gasteiger charge is 2.26. The van der Waals surface area contributed by atoms with Crippen LogP contribution in [0.25, 0.3) is 0 Å². The van der Waals surface area contributed by atoms with Crippen LogP contribution in [0.3, 0.4) is 0 Å². The summed E-state index contributed by atoms with van der Waals surface area (Å²) < 4.78 is 0. The SMILES string of the molecule is CCC(CC)C1CN=C(Nc2ccc(C#N)cc2Cl)S1. The Labute approximate surface area is 129 Å².